The van der Waals surface area contributed by atoms with Gasteiger partial charge < -0.3 is 9.47 Å². The summed E-state index contributed by atoms with van der Waals surface area (Å²) in [6, 6.07) is 28.7. The van der Waals surface area contributed by atoms with Crippen LogP contribution in [0.3, 0.4) is 0 Å². The van der Waals surface area contributed by atoms with Gasteiger partial charge in [-0.15, -0.1) is 0 Å². The van der Waals surface area contributed by atoms with Crippen LogP contribution in [0.2, 0.25) is 0 Å². The van der Waals surface area contributed by atoms with Gasteiger partial charge in [0.05, 0.1) is 36.8 Å². The Morgan fingerprint density at radius 1 is 0.419 bits per heavy atom. The van der Waals surface area contributed by atoms with Crippen LogP contribution in [0.1, 0.15) is 137 Å². The predicted molar refractivity (Wildman–Crippen MR) is 245 cm³/mol. The van der Waals surface area contributed by atoms with Crippen LogP contribution in [0.15, 0.2) is 91.0 Å². The van der Waals surface area contributed by atoms with Crippen molar-refractivity contribution in [2.45, 2.75) is 105 Å². The summed E-state index contributed by atoms with van der Waals surface area (Å²) in [6.45, 7) is 14.8. The molecule has 5 heterocycles. The number of hydrogen-bond donors (Lipinski definition) is 0. The molecule has 0 N–H and O–H groups in total. The second kappa shape index (κ2) is 21.6. The van der Waals surface area contributed by atoms with E-state index in [1.807, 2.05) is 91.0 Å². The molecule has 0 bridgehead atoms. The van der Waals surface area contributed by atoms with Gasteiger partial charge in [-0.2, -0.15) is 0 Å². The molecule has 62 heavy (non-hydrogen) atoms. The fourth-order valence-electron chi connectivity index (χ4n) is 8.49. The van der Waals surface area contributed by atoms with Crippen molar-refractivity contribution in [3.8, 4) is 47.4 Å². The summed E-state index contributed by atoms with van der Waals surface area (Å²) in [5.74, 6) is 29.0. The second-order valence-electron chi connectivity index (χ2n) is 17.6. The lowest BCUT2D eigenvalue weighted by Gasteiger charge is -2.37. The third-order valence-electron chi connectivity index (χ3n) is 11.9. The molecule has 0 radical (unpaired) electrons. The van der Waals surface area contributed by atoms with Crippen LogP contribution in [-0.2, 0) is 22.7 Å². The summed E-state index contributed by atoms with van der Waals surface area (Å²) >= 11 is 0. The quantitative estimate of drug-likeness (QED) is 0.144. The van der Waals surface area contributed by atoms with E-state index in [4.69, 9.17) is 19.4 Å². The lowest BCUT2D eigenvalue weighted by atomic mass is 9.75. The number of nitrogens with zero attached hydrogens (tertiary/aromatic N) is 5. The van der Waals surface area contributed by atoms with Crippen molar-refractivity contribution in [1.82, 2.24) is 24.9 Å². The van der Waals surface area contributed by atoms with E-state index in [0.717, 1.165) is 24.2 Å². The van der Waals surface area contributed by atoms with E-state index in [0.29, 0.717) is 94.3 Å². The highest BCUT2D eigenvalue weighted by atomic mass is 16.5. The van der Waals surface area contributed by atoms with Gasteiger partial charge in [-0.25, -0.2) is 24.9 Å². The van der Waals surface area contributed by atoms with Gasteiger partial charge in [0.1, 0.15) is 45.6 Å². The van der Waals surface area contributed by atoms with E-state index < -0.39 is 0 Å². The molecule has 2 saturated carbocycles. The lowest BCUT2D eigenvalue weighted by molar-refractivity contribution is -0.0484. The monoisotopic (exact) mass is 819 g/mol. The van der Waals surface area contributed by atoms with Crippen LogP contribution in [0.4, 0.5) is 0 Å². The van der Waals surface area contributed by atoms with E-state index in [1.165, 1.54) is 25.7 Å². The maximum Gasteiger partial charge on any atom is 0.115 e. The summed E-state index contributed by atoms with van der Waals surface area (Å²) in [5.41, 5.74) is 6.73. The van der Waals surface area contributed by atoms with Crippen LogP contribution in [0.25, 0.3) is 0 Å². The van der Waals surface area contributed by atoms with Crippen molar-refractivity contribution < 1.29 is 9.47 Å². The van der Waals surface area contributed by atoms with E-state index in [-0.39, 0.29) is 12.2 Å². The first kappa shape index (κ1) is 44.0. The topological polar surface area (TPSA) is 82.9 Å². The van der Waals surface area contributed by atoms with Gasteiger partial charge in [0.2, 0.25) is 0 Å². The van der Waals surface area contributed by atoms with Gasteiger partial charge in [-0.1, -0.05) is 84.7 Å². The molecule has 314 valence electrons. The number of rotatable bonds is 8. The molecule has 2 aliphatic carbocycles. The summed E-state index contributed by atoms with van der Waals surface area (Å²) in [5, 5.41) is 0. The van der Waals surface area contributed by atoms with Gasteiger partial charge in [-0.05, 0) is 169 Å². The van der Waals surface area contributed by atoms with Crippen LogP contribution in [-0.4, -0.2) is 37.1 Å². The molecule has 0 spiro atoms. The SMILES string of the molecule is CC(C)[C@@H]1CC[C@@H](C)C[C@H]1OCc1cccc(C#Cc2cccc(C#Cc3cccc(C#Cc4cccc(C#Cc5cccc(CO[C@@H]6C[C@H](C)CC[C@H]6C(C)C)n5)n4)n3)n2)n1. The Balaban J connectivity index is 0.950. The van der Waals surface area contributed by atoms with Gasteiger partial charge in [0, 0.05) is 0 Å². The molecule has 5 aromatic heterocycles. The molecule has 0 amide bonds. The smallest absolute Gasteiger partial charge is 0.115 e. The maximum atomic E-state index is 6.44. The van der Waals surface area contributed by atoms with E-state index in [1.54, 1.807) is 0 Å². The summed E-state index contributed by atoms with van der Waals surface area (Å²) < 4.78 is 12.9. The molecular weight excluding hydrogens is 763 g/mol. The molecule has 2 aliphatic rings. The van der Waals surface area contributed by atoms with Crippen molar-refractivity contribution in [2.24, 2.45) is 35.5 Å². The third-order valence-corrected chi connectivity index (χ3v) is 11.9. The summed E-state index contributed by atoms with van der Waals surface area (Å²) in [7, 11) is 0. The van der Waals surface area contributed by atoms with E-state index in [9.17, 15) is 0 Å². The minimum Gasteiger partial charge on any atom is -0.372 e. The highest BCUT2D eigenvalue weighted by Gasteiger charge is 2.32. The summed E-state index contributed by atoms with van der Waals surface area (Å²) in [6.07, 6.45) is 7.78. The Morgan fingerprint density at radius 3 is 0.984 bits per heavy atom. The van der Waals surface area contributed by atoms with Crippen LogP contribution < -0.4 is 0 Å². The highest BCUT2D eigenvalue weighted by molar-refractivity contribution is 5.44. The molecule has 7 nitrogen and oxygen atoms in total. The Kier molecular flexibility index (Phi) is 15.3. The van der Waals surface area contributed by atoms with Crippen LogP contribution in [0.5, 0.6) is 0 Å². The van der Waals surface area contributed by atoms with Crippen molar-refractivity contribution >= 4 is 0 Å². The Labute approximate surface area is 369 Å². The first-order valence-electron chi connectivity index (χ1n) is 22.3. The molecular formula is C55H57N5O2. The molecule has 0 aliphatic heterocycles. The third kappa shape index (κ3) is 13.0. The standard InChI is InChI=1S/C55H57N5O2/c1-38(2)52-32-22-40(5)34-54(52)61-36-50-20-10-18-48(59-50)30-28-46-16-8-14-44(57-46)26-24-42-12-7-13-43(56-42)25-27-45-15-9-17-47(58-45)29-31-49-19-11-21-51(60-49)37-62-55-35-41(6)23-33-53(55)39(3)4/h7-21,38-41,52-55H,22-23,32-37H2,1-6H3/t40-,41-,52+,53+,54-,55-/m1/s1. The molecule has 0 aromatic carbocycles. The summed E-state index contributed by atoms with van der Waals surface area (Å²) in [4.78, 5) is 23.5. The van der Waals surface area contributed by atoms with Crippen molar-refractivity contribution in [1.29, 1.82) is 0 Å². The first-order valence-corrected chi connectivity index (χ1v) is 22.3. The number of ether oxygens (including phenoxy) is 2. The normalized spacial score (nSPS) is 20.7. The van der Waals surface area contributed by atoms with Crippen molar-refractivity contribution in [2.75, 3.05) is 0 Å². The molecule has 6 atom stereocenters. The first-order chi connectivity index (χ1) is 30.1. The molecule has 0 saturated heterocycles. The number of aromatic nitrogens is 5. The Hall–Kier alpha value is -6.09. The minimum absolute atomic E-state index is 0.271. The zero-order valence-electron chi connectivity index (χ0n) is 37.0. The van der Waals surface area contributed by atoms with Crippen LogP contribution in [0, 0.1) is 82.9 Å². The van der Waals surface area contributed by atoms with Gasteiger partial charge in [0.15, 0.2) is 0 Å². The van der Waals surface area contributed by atoms with E-state index >= 15 is 0 Å². The van der Waals surface area contributed by atoms with Crippen molar-refractivity contribution in [3.05, 3.63) is 148 Å². The average molecular weight is 820 g/mol. The second-order valence-corrected chi connectivity index (χ2v) is 17.6. The number of hydrogen-bond acceptors (Lipinski definition) is 7. The lowest BCUT2D eigenvalue weighted by Crippen LogP contribution is -2.34. The fourth-order valence-corrected chi connectivity index (χ4v) is 8.49. The molecule has 2 fully saturated rings. The van der Waals surface area contributed by atoms with Crippen molar-refractivity contribution in [3.63, 3.8) is 0 Å². The van der Waals surface area contributed by atoms with Gasteiger partial charge in [-0.3, -0.25) is 0 Å². The maximum absolute atomic E-state index is 6.44. The zero-order chi connectivity index (χ0) is 43.3. The fraction of sp³-hybridized carbons (Fsp3) is 0.400. The molecule has 0 unspecified atom stereocenters. The highest BCUT2D eigenvalue weighted by Crippen LogP contribution is 2.37. The molecule has 7 heteroatoms. The molecule has 7 rings (SSSR count). The minimum atomic E-state index is 0.271. The zero-order valence-corrected chi connectivity index (χ0v) is 37.0. The van der Waals surface area contributed by atoms with Crippen LogP contribution >= 0.6 is 0 Å². The largest absolute Gasteiger partial charge is 0.372 e. The van der Waals surface area contributed by atoms with Gasteiger partial charge >= 0.3 is 0 Å². The van der Waals surface area contributed by atoms with E-state index in [2.05, 4.69) is 104 Å². The Morgan fingerprint density at radius 2 is 0.694 bits per heavy atom. The average Bonchev–Trinajstić information content (AvgIpc) is 3.28. The van der Waals surface area contributed by atoms with Gasteiger partial charge in [0.25, 0.3) is 0 Å². The number of pyridine rings is 5. The molecule has 5 aromatic rings. The Bertz CT molecular complexity index is 2400. The predicted octanol–water partition coefficient (Wildman–Crippen LogP) is 10.2.